The van der Waals surface area contributed by atoms with Gasteiger partial charge in [-0.15, -0.1) is 5.10 Å². The molecule has 3 aromatic rings. The molecule has 5 rings (SSSR count). The Balaban J connectivity index is 1.30. The first-order valence-corrected chi connectivity index (χ1v) is 14.5. The van der Waals surface area contributed by atoms with Gasteiger partial charge in [0, 0.05) is 36.8 Å². The number of carbonyl (C=O) groups is 2. The van der Waals surface area contributed by atoms with Crippen LogP contribution in [0.2, 0.25) is 0 Å². The lowest BCUT2D eigenvalue weighted by Gasteiger charge is -2.35. The number of nitrogens with one attached hydrogen (secondary N) is 2. The number of benzene rings is 1. The van der Waals surface area contributed by atoms with E-state index in [1.807, 2.05) is 76.4 Å². The molecule has 4 heterocycles. The van der Waals surface area contributed by atoms with Gasteiger partial charge in [0.2, 0.25) is 11.8 Å². The van der Waals surface area contributed by atoms with Gasteiger partial charge in [-0.3, -0.25) is 14.6 Å². The Hall–Kier alpha value is -3.63. The van der Waals surface area contributed by atoms with E-state index in [1.54, 1.807) is 10.9 Å². The fourth-order valence-corrected chi connectivity index (χ4v) is 5.93. The van der Waals surface area contributed by atoms with Crippen molar-refractivity contribution in [1.82, 2.24) is 35.5 Å². The molecule has 0 aliphatic carbocycles. The number of nitrogens with zero attached hydrogens (tertiary/aromatic N) is 5. The number of hydrogen-bond acceptors (Lipinski definition) is 7. The van der Waals surface area contributed by atoms with Gasteiger partial charge in [0.05, 0.1) is 23.5 Å². The van der Waals surface area contributed by atoms with Crippen molar-refractivity contribution >= 4 is 11.8 Å². The quantitative estimate of drug-likeness (QED) is 0.406. The zero-order valence-corrected chi connectivity index (χ0v) is 24.3. The summed E-state index contributed by atoms with van der Waals surface area (Å²) in [4.78, 5) is 33.5. The minimum absolute atomic E-state index is 0.104. The monoisotopic (exact) mass is 559 g/mol. The Labute approximate surface area is 241 Å². The maximum Gasteiger partial charge on any atom is 0.248 e. The molecule has 2 saturated heterocycles. The normalized spacial score (nSPS) is 21.4. The van der Waals surface area contributed by atoms with Gasteiger partial charge in [-0.05, 0) is 56.0 Å². The molecule has 2 aliphatic heterocycles. The Morgan fingerprint density at radius 3 is 2.49 bits per heavy atom. The van der Waals surface area contributed by atoms with Crippen LogP contribution in [0.5, 0.6) is 0 Å². The number of pyridine rings is 1. The van der Waals surface area contributed by atoms with E-state index in [9.17, 15) is 14.7 Å². The third kappa shape index (κ3) is 6.49. The number of rotatable bonds is 7. The molecule has 41 heavy (non-hydrogen) atoms. The average Bonchev–Trinajstić information content (AvgIpc) is 3.60. The smallest absolute Gasteiger partial charge is 0.248 e. The number of aliphatic hydroxyl groups excluding tert-OH is 1. The molecule has 0 spiro atoms. The fraction of sp³-hybridized carbons (Fsp3) is 0.516. The molecule has 218 valence electrons. The van der Waals surface area contributed by atoms with Crippen LogP contribution in [0.4, 0.5) is 0 Å². The number of aromatic nitrogens is 4. The summed E-state index contributed by atoms with van der Waals surface area (Å²) in [5, 5.41) is 25.8. The molecule has 10 heteroatoms. The molecule has 1 aromatic carbocycles. The van der Waals surface area contributed by atoms with E-state index >= 15 is 0 Å². The molecule has 2 fully saturated rings. The van der Waals surface area contributed by atoms with Gasteiger partial charge in [0.15, 0.2) is 0 Å². The van der Waals surface area contributed by atoms with Crippen LogP contribution in [0.15, 0.2) is 54.9 Å². The van der Waals surface area contributed by atoms with E-state index in [1.165, 1.54) is 4.90 Å². The highest BCUT2D eigenvalue weighted by atomic mass is 16.3. The van der Waals surface area contributed by atoms with Crippen LogP contribution in [0, 0.1) is 5.41 Å². The first-order valence-electron chi connectivity index (χ1n) is 14.5. The summed E-state index contributed by atoms with van der Waals surface area (Å²) in [7, 11) is 0. The number of piperidine rings is 1. The molecule has 3 N–H and O–H groups in total. The summed E-state index contributed by atoms with van der Waals surface area (Å²) in [6.45, 7) is 9.86. The second-order valence-electron chi connectivity index (χ2n) is 12.4. The van der Waals surface area contributed by atoms with Gasteiger partial charge < -0.3 is 20.6 Å². The van der Waals surface area contributed by atoms with E-state index in [4.69, 9.17) is 0 Å². The van der Waals surface area contributed by atoms with Crippen molar-refractivity contribution in [2.45, 2.75) is 77.1 Å². The van der Waals surface area contributed by atoms with Crippen LogP contribution in [0.1, 0.15) is 76.2 Å². The Morgan fingerprint density at radius 1 is 1.10 bits per heavy atom. The van der Waals surface area contributed by atoms with Gasteiger partial charge >= 0.3 is 0 Å². The van der Waals surface area contributed by atoms with Crippen LogP contribution in [0.3, 0.4) is 0 Å². The first-order chi connectivity index (χ1) is 19.6. The number of hydrogen-bond donors (Lipinski definition) is 3. The van der Waals surface area contributed by atoms with Crippen LogP contribution in [0.25, 0.3) is 11.3 Å². The third-order valence-corrected chi connectivity index (χ3v) is 8.20. The summed E-state index contributed by atoms with van der Waals surface area (Å²) < 4.78 is 1.66. The lowest BCUT2D eigenvalue weighted by molar-refractivity contribution is -0.144. The summed E-state index contributed by atoms with van der Waals surface area (Å²) in [5.74, 6) is -0.200. The predicted molar refractivity (Wildman–Crippen MR) is 156 cm³/mol. The van der Waals surface area contributed by atoms with Crippen molar-refractivity contribution in [3.05, 3.63) is 66.1 Å². The van der Waals surface area contributed by atoms with E-state index in [0.717, 1.165) is 48.4 Å². The number of β-amino-alcohol motifs (C(OH)–C–C–N with tert-alkyl or cyclic N) is 1. The molecule has 2 amide bonds. The van der Waals surface area contributed by atoms with Crippen molar-refractivity contribution < 1.29 is 14.7 Å². The number of amides is 2. The van der Waals surface area contributed by atoms with E-state index < -0.39 is 23.6 Å². The minimum atomic E-state index is -0.774. The van der Waals surface area contributed by atoms with Crippen LogP contribution in [-0.2, 0) is 9.59 Å². The SMILES string of the molecule is C[C@H](NC(=O)[C@@H]1C[C@@H](O)CN1C(=O)[C@@H](n1cc(C2CCNCC2)nn1)C(C)(C)C)c1ccc(-c2ccccn2)cc1. The van der Waals surface area contributed by atoms with Gasteiger partial charge in [0.25, 0.3) is 0 Å². The number of carbonyl (C=O) groups excluding carboxylic acids is 2. The molecule has 0 bridgehead atoms. The summed E-state index contributed by atoms with van der Waals surface area (Å²) >= 11 is 0. The number of aliphatic hydroxyl groups is 1. The predicted octanol–water partition coefficient (Wildman–Crippen LogP) is 3.23. The van der Waals surface area contributed by atoms with Gasteiger partial charge in [-0.2, -0.15) is 0 Å². The topological polar surface area (TPSA) is 125 Å². The highest BCUT2D eigenvalue weighted by Crippen LogP contribution is 2.35. The van der Waals surface area contributed by atoms with Gasteiger partial charge in [-0.25, -0.2) is 4.68 Å². The van der Waals surface area contributed by atoms with E-state index in [0.29, 0.717) is 5.92 Å². The molecule has 0 saturated carbocycles. The van der Waals surface area contributed by atoms with Crippen molar-refractivity contribution in [2.75, 3.05) is 19.6 Å². The fourth-order valence-electron chi connectivity index (χ4n) is 5.93. The highest BCUT2D eigenvalue weighted by molar-refractivity contribution is 5.90. The van der Waals surface area contributed by atoms with Crippen LogP contribution in [-0.4, -0.2) is 73.6 Å². The third-order valence-electron chi connectivity index (χ3n) is 8.20. The van der Waals surface area contributed by atoms with E-state index in [-0.39, 0.29) is 30.8 Å². The Morgan fingerprint density at radius 2 is 1.83 bits per heavy atom. The maximum atomic E-state index is 14.1. The van der Waals surface area contributed by atoms with Crippen molar-refractivity contribution in [3.63, 3.8) is 0 Å². The Kier molecular flexibility index (Phi) is 8.51. The molecular weight excluding hydrogens is 518 g/mol. The second-order valence-corrected chi connectivity index (χ2v) is 12.4. The van der Waals surface area contributed by atoms with Crippen molar-refractivity contribution in [3.8, 4) is 11.3 Å². The zero-order chi connectivity index (χ0) is 29.1. The molecule has 10 nitrogen and oxygen atoms in total. The molecule has 0 radical (unpaired) electrons. The van der Waals surface area contributed by atoms with Gasteiger partial charge in [-0.1, -0.05) is 56.3 Å². The van der Waals surface area contributed by atoms with Crippen molar-refractivity contribution in [2.24, 2.45) is 5.41 Å². The van der Waals surface area contributed by atoms with Crippen LogP contribution < -0.4 is 10.6 Å². The van der Waals surface area contributed by atoms with Crippen LogP contribution >= 0.6 is 0 Å². The average molecular weight is 560 g/mol. The lowest BCUT2D eigenvalue weighted by atomic mass is 9.85. The van der Waals surface area contributed by atoms with E-state index in [2.05, 4.69) is 25.9 Å². The molecular formula is C31H41N7O3. The second kappa shape index (κ2) is 12.1. The summed E-state index contributed by atoms with van der Waals surface area (Å²) in [6.07, 6.45) is 5.04. The first kappa shape index (κ1) is 28.9. The summed E-state index contributed by atoms with van der Waals surface area (Å²) in [6, 6.07) is 12.0. The zero-order valence-electron chi connectivity index (χ0n) is 24.3. The van der Waals surface area contributed by atoms with Crippen molar-refractivity contribution in [1.29, 1.82) is 0 Å². The lowest BCUT2D eigenvalue weighted by Crippen LogP contribution is -2.50. The minimum Gasteiger partial charge on any atom is -0.391 e. The number of likely N-dealkylation sites (tertiary alicyclic amines) is 1. The largest absolute Gasteiger partial charge is 0.391 e. The molecule has 2 aliphatic rings. The highest BCUT2D eigenvalue weighted by Gasteiger charge is 2.45. The standard InChI is InChI=1S/C31H41N7O3/c1-20(21-8-10-22(11-9-21)25-7-5-6-14-33-25)34-29(40)27-17-24(39)18-37(27)30(41)28(31(2,3)4)38-19-26(35-36-38)23-12-15-32-16-13-23/h5-11,14,19-20,23-24,27-28,32,39H,12-13,15-18H2,1-4H3,(H,34,40)/t20-,24+,27-,28+/m0/s1. The molecule has 2 aromatic heterocycles. The Bertz CT molecular complexity index is 1330. The van der Waals surface area contributed by atoms with Gasteiger partial charge in [0.1, 0.15) is 12.1 Å². The summed E-state index contributed by atoms with van der Waals surface area (Å²) in [5.41, 5.74) is 3.22. The molecule has 4 atom stereocenters. The maximum absolute atomic E-state index is 14.1. The molecule has 0 unspecified atom stereocenters.